The topological polar surface area (TPSA) is 83.8 Å². The minimum atomic E-state index is -0.392. The molecule has 2 N–H and O–H groups in total. The van der Waals surface area contributed by atoms with Gasteiger partial charge in [-0.25, -0.2) is 9.97 Å². The maximum absolute atomic E-state index is 9.94. The highest BCUT2D eigenvalue weighted by Gasteiger charge is 2.11. The molecule has 0 aliphatic carbocycles. The van der Waals surface area contributed by atoms with Gasteiger partial charge in [-0.15, -0.1) is 0 Å². The number of aliphatic hydroxyl groups is 1. The molecule has 6 heteroatoms. The molecule has 1 unspecified atom stereocenters. The van der Waals surface area contributed by atoms with E-state index >= 15 is 0 Å². The van der Waals surface area contributed by atoms with Crippen molar-refractivity contribution in [1.82, 2.24) is 19.9 Å². The molecular weight excluding hydrogens is 290 g/mol. The molecule has 3 heterocycles. The van der Waals surface area contributed by atoms with Crippen LogP contribution in [0.5, 0.6) is 0 Å². The van der Waals surface area contributed by atoms with Gasteiger partial charge in [0.05, 0.1) is 17.8 Å². The zero-order valence-electron chi connectivity index (χ0n) is 13.0. The van der Waals surface area contributed by atoms with Crippen LogP contribution < -0.4 is 5.32 Å². The Morgan fingerprint density at radius 1 is 1.09 bits per heavy atom. The first-order valence-electron chi connectivity index (χ1n) is 7.72. The van der Waals surface area contributed by atoms with Gasteiger partial charge in [-0.05, 0) is 24.6 Å². The molecule has 3 aromatic rings. The van der Waals surface area contributed by atoms with Crippen LogP contribution in [0.15, 0.2) is 43.0 Å². The molecule has 0 bridgehead atoms. The summed E-state index contributed by atoms with van der Waals surface area (Å²) in [4.78, 5) is 17.3. The van der Waals surface area contributed by atoms with E-state index in [9.17, 15) is 5.11 Å². The smallest absolute Gasteiger partial charge is 0.162 e. The third-order valence-electron chi connectivity index (χ3n) is 3.56. The standard InChI is InChI=1S/C17H19N5O/c1-2-3-13(23)10-20-17-14-6-9-19-11-15(14)21-16(22-17)12-4-7-18-8-5-12/h4-9,11,13,23H,2-3,10H2,1H3,(H,20,21,22). The van der Waals surface area contributed by atoms with Gasteiger partial charge in [0, 0.05) is 36.1 Å². The Bertz CT molecular complexity index is 778. The summed E-state index contributed by atoms with van der Waals surface area (Å²) < 4.78 is 0. The monoisotopic (exact) mass is 309 g/mol. The van der Waals surface area contributed by atoms with Crippen LogP contribution in [-0.2, 0) is 0 Å². The largest absolute Gasteiger partial charge is 0.391 e. The predicted molar refractivity (Wildman–Crippen MR) is 90.0 cm³/mol. The number of pyridine rings is 2. The number of hydrogen-bond donors (Lipinski definition) is 2. The summed E-state index contributed by atoms with van der Waals surface area (Å²) in [6.45, 7) is 2.51. The highest BCUT2D eigenvalue weighted by Crippen LogP contribution is 2.24. The number of nitrogens with zero attached hydrogens (tertiary/aromatic N) is 4. The zero-order chi connectivity index (χ0) is 16.1. The third-order valence-corrected chi connectivity index (χ3v) is 3.56. The first-order valence-corrected chi connectivity index (χ1v) is 7.72. The van der Waals surface area contributed by atoms with Crippen molar-refractivity contribution in [2.24, 2.45) is 0 Å². The van der Waals surface area contributed by atoms with Gasteiger partial charge in [0.15, 0.2) is 5.82 Å². The van der Waals surface area contributed by atoms with E-state index in [1.807, 2.05) is 18.2 Å². The van der Waals surface area contributed by atoms with Gasteiger partial charge in [0.25, 0.3) is 0 Å². The van der Waals surface area contributed by atoms with E-state index in [4.69, 9.17) is 0 Å². The molecule has 118 valence electrons. The minimum absolute atomic E-state index is 0.392. The van der Waals surface area contributed by atoms with E-state index in [1.54, 1.807) is 24.8 Å². The van der Waals surface area contributed by atoms with Crippen molar-refractivity contribution in [1.29, 1.82) is 0 Å². The molecule has 3 aromatic heterocycles. The molecule has 0 radical (unpaired) electrons. The first kappa shape index (κ1) is 15.3. The number of fused-ring (bicyclic) bond motifs is 1. The minimum Gasteiger partial charge on any atom is -0.391 e. The number of rotatable bonds is 6. The fourth-order valence-electron chi connectivity index (χ4n) is 2.40. The molecule has 0 aliphatic heterocycles. The number of aromatic nitrogens is 4. The third kappa shape index (κ3) is 3.60. The highest BCUT2D eigenvalue weighted by atomic mass is 16.3. The van der Waals surface area contributed by atoms with Crippen LogP contribution in [0, 0.1) is 0 Å². The molecule has 3 rings (SSSR count). The Morgan fingerprint density at radius 3 is 2.65 bits per heavy atom. The SMILES string of the molecule is CCCC(O)CNc1nc(-c2ccncc2)nc2cnccc12. The van der Waals surface area contributed by atoms with Crippen molar-refractivity contribution in [3.63, 3.8) is 0 Å². The summed E-state index contributed by atoms with van der Waals surface area (Å²) in [5.41, 5.74) is 1.66. The van der Waals surface area contributed by atoms with Gasteiger partial charge in [0.1, 0.15) is 5.82 Å². The van der Waals surface area contributed by atoms with Crippen LogP contribution in [0.4, 0.5) is 5.82 Å². The van der Waals surface area contributed by atoms with E-state index in [1.165, 1.54) is 0 Å². The Labute approximate surface area is 134 Å². The average molecular weight is 309 g/mol. The van der Waals surface area contributed by atoms with Crippen LogP contribution in [0.25, 0.3) is 22.3 Å². The van der Waals surface area contributed by atoms with Gasteiger partial charge < -0.3 is 10.4 Å². The molecule has 0 spiro atoms. The molecular formula is C17H19N5O. The Balaban J connectivity index is 1.97. The second-order valence-electron chi connectivity index (χ2n) is 5.35. The summed E-state index contributed by atoms with van der Waals surface area (Å²) in [5, 5.41) is 14.1. The number of hydrogen-bond acceptors (Lipinski definition) is 6. The van der Waals surface area contributed by atoms with Crippen LogP contribution in [-0.4, -0.2) is 37.7 Å². The highest BCUT2D eigenvalue weighted by molar-refractivity contribution is 5.89. The van der Waals surface area contributed by atoms with Crippen LogP contribution in [0.3, 0.4) is 0 Å². The first-order chi connectivity index (χ1) is 11.3. The van der Waals surface area contributed by atoms with Crippen molar-refractivity contribution in [3.8, 4) is 11.4 Å². The van der Waals surface area contributed by atoms with Crippen LogP contribution >= 0.6 is 0 Å². The lowest BCUT2D eigenvalue weighted by atomic mass is 10.2. The zero-order valence-corrected chi connectivity index (χ0v) is 13.0. The second kappa shape index (κ2) is 7.11. The normalized spacial score (nSPS) is 12.3. The molecule has 23 heavy (non-hydrogen) atoms. The number of anilines is 1. The average Bonchev–Trinajstić information content (AvgIpc) is 2.60. The van der Waals surface area contributed by atoms with Crippen LogP contribution in [0.1, 0.15) is 19.8 Å². The van der Waals surface area contributed by atoms with E-state index < -0.39 is 6.10 Å². The number of aliphatic hydroxyl groups excluding tert-OH is 1. The number of nitrogens with one attached hydrogen (secondary N) is 1. The lowest BCUT2D eigenvalue weighted by molar-refractivity contribution is 0.176. The van der Waals surface area contributed by atoms with E-state index in [2.05, 4.69) is 32.2 Å². The summed E-state index contributed by atoms with van der Waals surface area (Å²) in [6.07, 6.45) is 8.17. The summed E-state index contributed by atoms with van der Waals surface area (Å²) in [5.74, 6) is 1.32. The molecule has 1 atom stereocenters. The molecule has 0 fully saturated rings. The van der Waals surface area contributed by atoms with Gasteiger partial charge in [-0.1, -0.05) is 13.3 Å². The van der Waals surface area contributed by atoms with Crippen molar-refractivity contribution < 1.29 is 5.11 Å². The molecule has 0 saturated heterocycles. The predicted octanol–water partition coefficient (Wildman–Crippen LogP) is 2.66. The molecule has 0 saturated carbocycles. The Hall–Kier alpha value is -2.60. The molecule has 0 amide bonds. The maximum Gasteiger partial charge on any atom is 0.162 e. The summed E-state index contributed by atoms with van der Waals surface area (Å²) in [7, 11) is 0. The lowest BCUT2D eigenvalue weighted by Gasteiger charge is -2.13. The lowest BCUT2D eigenvalue weighted by Crippen LogP contribution is -2.20. The summed E-state index contributed by atoms with van der Waals surface area (Å²) >= 11 is 0. The van der Waals surface area contributed by atoms with Crippen molar-refractivity contribution in [2.75, 3.05) is 11.9 Å². The van der Waals surface area contributed by atoms with Crippen molar-refractivity contribution in [3.05, 3.63) is 43.0 Å². The Kier molecular flexibility index (Phi) is 4.73. The van der Waals surface area contributed by atoms with Crippen LogP contribution in [0.2, 0.25) is 0 Å². The quantitative estimate of drug-likeness (QED) is 0.728. The molecule has 6 nitrogen and oxygen atoms in total. The van der Waals surface area contributed by atoms with E-state index in [0.29, 0.717) is 18.2 Å². The van der Waals surface area contributed by atoms with Gasteiger partial charge >= 0.3 is 0 Å². The second-order valence-corrected chi connectivity index (χ2v) is 5.35. The van der Waals surface area contributed by atoms with Crippen molar-refractivity contribution in [2.45, 2.75) is 25.9 Å². The van der Waals surface area contributed by atoms with E-state index in [-0.39, 0.29) is 0 Å². The molecule has 0 aromatic carbocycles. The maximum atomic E-state index is 9.94. The van der Waals surface area contributed by atoms with E-state index in [0.717, 1.165) is 29.3 Å². The summed E-state index contributed by atoms with van der Waals surface area (Å²) in [6, 6.07) is 5.61. The molecule has 0 aliphatic rings. The van der Waals surface area contributed by atoms with Crippen molar-refractivity contribution >= 4 is 16.7 Å². The Morgan fingerprint density at radius 2 is 1.87 bits per heavy atom. The van der Waals surface area contributed by atoms with Gasteiger partial charge in [-0.2, -0.15) is 0 Å². The van der Waals surface area contributed by atoms with Gasteiger partial charge in [-0.3, -0.25) is 9.97 Å². The fraction of sp³-hybridized carbons (Fsp3) is 0.294. The fourth-order valence-corrected chi connectivity index (χ4v) is 2.40. The van der Waals surface area contributed by atoms with Gasteiger partial charge in [0.2, 0.25) is 0 Å².